The summed E-state index contributed by atoms with van der Waals surface area (Å²) in [6, 6.07) is 3.37. The highest BCUT2D eigenvalue weighted by Crippen LogP contribution is 2.26. The Balaban J connectivity index is 1.63. The van der Waals surface area contributed by atoms with E-state index in [0.717, 1.165) is 31.5 Å². The second kappa shape index (κ2) is 9.08. The first-order valence-electron chi connectivity index (χ1n) is 9.78. The molecule has 2 atom stereocenters. The van der Waals surface area contributed by atoms with Crippen LogP contribution in [0.3, 0.4) is 0 Å². The van der Waals surface area contributed by atoms with Crippen LogP contribution in [0.25, 0.3) is 11.4 Å². The number of carbonyl (C=O) groups is 1. The molecular formula is C20H29N5O2. The third-order valence-corrected chi connectivity index (χ3v) is 5.33. The average Bonchev–Trinajstić information content (AvgIpc) is 3.17. The van der Waals surface area contributed by atoms with E-state index in [1.54, 1.807) is 12.4 Å². The van der Waals surface area contributed by atoms with Gasteiger partial charge in [0, 0.05) is 24.4 Å². The molecular weight excluding hydrogens is 342 g/mol. The van der Waals surface area contributed by atoms with Crippen molar-refractivity contribution in [3.8, 4) is 11.4 Å². The lowest BCUT2D eigenvalue weighted by atomic mass is 9.84. The van der Waals surface area contributed by atoms with Crippen molar-refractivity contribution in [3.05, 3.63) is 30.4 Å². The molecule has 0 spiro atoms. The van der Waals surface area contributed by atoms with Crippen LogP contribution in [-0.2, 0) is 4.79 Å². The van der Waals surface area contributed by atoms with Crippen LogP contribution in [-0.4, -0.2) is 34.1 Å². The van der Waals surface area contributed by atoms with Crippen molar-refractivity contribution < 1.29 is 9.32 Å². The number of amides is 1. The average molecular weight is 371 g/mol. The summed E-state index contributed by atoms with van der Waals surface area (Å²) in [5.41, 5.74) is 0.841. The zero-order chi connectivity index (χ0) is 19.2. The third-order valence-electron chi connectivity index (χ3n) is 5.33. The molecule has 2 aromatic rings. The lowest BCUT2D eigenvalue weighted by molar-refractivity contribution is -0.123. The summed E-state index contributed by atoms with van der Waals surface area (Å²) >= 11 is 0. The van der Waals surface area contributed by atoms with Crippen molar-refractivity contribution in [1.82, 2.24) is 25.8 Å². The summed E-state index contributed by atoms with van der Waals surface area (Å²) in [4.78, 5) is 21.1. The van der Waals surface area contributed by atoms with Crippen LogP contribution in [0.4, 0.5) is 0 Å². The van der Waals surface area contributed by atoms with Crippen LogP contribution in [0, 0.1) is 17.8 Å². The van der Waals surface area contributed by atoms with Crippen LogP contribution in [0.15, 0.2) is 29.0 Å². The van der Waals surface area contributed by atoms with Crippen LogP contribution in [0.1, 0.15) is 52.0 Å². The lowest BCUT2D eigenvalue weighted by Crippen LogP contribution is -2.36. The molecule has 7 heteroatoms. The van der Waals surface area contributed by atoms with E-state index < -0.39 is 0 Å². The minimum atomic E-state index is -0.291. The highest BCUT2D eigenvalue weighted by Gasteiger charge is 2.27. The van der Waals surface area contributed by atoms with E-state index >= 15 is 0 Å². The van der Waals surface area contributed by atoms with E-state index in [1.807, 2.05) is 26.0 Å². The molecule has 1 saturated heterocycles. The SMILES string of the molecule is CC(C)C(NC(=O)CC(C)C1CCNCC1)c1nc(-c2ccncc2)no1. The van der Waals surface area contributed by atoms with Gasteiger partial charge in [-0.15, -0.1) is 0 Å². The van der Waals surface area contributed by atoms with E-state index in [2.05, 4.69) is 32.7 Å². The van der Waals surface area contributed by atoms with Crippen molar-refractivity contribution in [2.75, 3.05) is 13.1 Å². The Kier molecular flexibility index (Phi) is 6.55. The van der Waals surface area contributed by atoms with Gasteiger partial charge in [-0.3, -0.25) is 9.78 Å². The fraction of sp³-hybridized carbons (Fsp3) is 0.600. The molecule has 1 fully saturated rings. The zero-order valence-electron chi connectivity index (χ0n) is 16.3. The first-order valence-corrected chi connectivity index (χ1v) is 9.78. The Morgan fingerprint density at radius 1 is 1.26 bits per heavy atom. The molecule has 146 valence electrons. The van der Waals surface area contributed by atoms with Gasteiger partial charge in [0.25, 0.3) is 0 Å². The monoisotopic (exact) mass is 371 g/mol. The maximum absolute atomic E-state index is 12.6. The van der Waals surface area contributed by atoms with Gasteiger partial charge in [-0.2, -0.15) is 4.98 Å². The van der Waals surface area contributed by atoms with Crippen molar-refractivity contribution in [3.63, 3.8) is 0 Å². The predicted octanol–water partition coefficient (Wildman–Crippen LogP) is 2.97. The van der Waals surface area contributed by atoms with Gasteiger partial charge in [0.1, 0.15) is 6.04 Å². The lowest BCUT2D eigenvalue weighted by Gasteiger charge is -2.28. The first kappa shape index (κ1) is 19.5. The van der Waals surface area contributed by atoms with Gasteiger partial charge in [0.2, 0.25) is 17.6 Å². The Morgan fingerprint density at radius 2 is 1.96 bits per heavy atom. The highest BCUT2D eigenvalue weighted by atomic mass is 16.5. The van der Waals surface area contributed by atoms with Crippen molar-refractivity contribution in [2.45, 2.75) is 46.1 Å². The van der Waals surface area contributed by atoms with Crippen LogP contribution in [0.5, 0.6) is 0 Å². The van der Waals surface area contributed by atoms with Gasteiger partial charge in [0.15, 0.2) is 0 Å². The van der Waals surface area contributed by atoms with Crippen molar-refractivity contribution in [1.29, 1.82) is 0 Å². The molecule has 0 saturated carbocycles. The molecule has 2 N–H and O–H groups in total. The molecule has 3 heterocycles. The number of piperidine rings is 1. The van der Waals surface area contributed by atoms with E-state index in [9.17, 15) is 4.79 Å². The molecule has 2 unspecified atom stereocenters. The Labute approximate surface area is 160 Å². The fourth-order valence-electron chi connectivity index (χ4n) is 3.60. The molecule has 0 radical (unpaired) electrons. The Morgan fingerprint density at radius 3 is 2.63 bits per heavy atom. The molecule has 0 aromatic carbocycles. The van der Waals surface area contributed by atoms with Gasteiger partial charge in [-0.05, 0) is 55.8 Å². The Bertz CT molecular complexity index is 725. The molecule has 2 aromatic heterocycles. The minimum absolute atomic E-state index is 0.0448. The molecule has 1 aliphatic heterocycles. The minimum Gasteiger partial charge on any atom is -0.344 e. The van der Waals surface area contributed by atoms with E-state index in [-0.39, 0.29) is 17.9 Å². The molecule has 0 bridgehead atoms. The number of nitrogens with one attached hydrogen (secondary N) is 2. The zero-order valence-corrected chi connectivity index (χ0v) is 16.3. The van der Waals surface area contributed by atoms with Gasteiger partial charge in [-0.25, -0.2) is 0 Å². The summed E-state index contributed by atoms with van der Waals surface area (Å²) in [5, 5.41) is 10.5. The van der Waals surface area contributed by atoms with Crippen molar-refractivity contribution >= 4 is 5.91 Å². The normalized spacial score (nSPS) is 17.6. The van der Waals surface area contributed by atoms with E-state index in [4.69, 9.17) is 4.52 Å². The quantitative estimate of drug-likeness (QED) is 0.777. The number of pyridine rings is 1. The van der Waals surface area contributed by atoms with Gasteiger partial charge in [-0.1, -0.05) is 25.9 Å². The number of hydrogen-bond donors (Lipinski definition) is 2. The van der Waals surface area contributed by atoms with E-state index in [0.29, 0.717) is 30.0 Å². The number of hydrogen-bond acceptors (Lipinski definition) is 6. The summed E-state index contributed by atoms with van der Waals surface area (Å²) in [6.45, 7) is 8.35. The maximum atomic E-state index is 12.6. The highest BCUT2D eigenvalue weighted by molar-refractivity contribution is 5.76. The first-order chi connectivity index (χ1) is 13.0. The summed E-state index contributed by atoms with van der Waals surface area (Å²) in [7, 11) is 0. The second-order valence-electron chi connectivity index (χ2n) is 7.75. The second-order valence-corrected chi connectivity index (χ2v) is 7.75. The number of rotatable bonds is 7. The van der Waals surface area contributed by atoms with Gasteiger partial charge < -0.3 is 15.2 Å². The standard InChI is InChI=1S/C20H29N5O2/c1-13(2)18(20-24-19(25-27-20)16-6-10-22-11-7-16)23-17(26)12-14(3)15-4-8-21-9-5-15/h6-7,10-11,13-15,18,21H,4-5,8-9,12H2,1-3H3,(H,23,26). The number of carbonyl (C=O) groups excluding carboxylic acids is 1. The summed E-state index contributed by atoms with van der Waals surface area (Å²) in [5.74, 6) is 2.12. The third kappa shape index (κ3) is 5.13. The topological polar surface area (TPSA) is 92.9 Å². The van der Waals surface area contributed by atoms with E-state index in [1.165, 1.54) is 0 Å². The molecule has 0 aliphatic carbocycles. The smallest absolute Gasteiger partial charge is 0.249 e. The van der Waals surface area contributed by atoms with Crippen LogP contribution < -0.4 is 10.6 Å². The van der Waals surface area contributed by atoms with Gasteiger partial charge in [0.05, 0.1) is 0 Å². The predicted molar refractivity (Wildman–Crippen MR) is 103 cm³/mol. The summed E-state index contributed by atoms with van der Waals surface area (Å²) in [6.07, 6.45) is 6.19. The van der Waals surface area contributed by atoms with Crippen LogP contribution in [0.2, 0.25) is 0 Å². The fourth-order valence-corrected chi connectivity index (χ4v) is 3.60. The molecule has 1 amide bonds. The summed E-state index contributed by atoms with van der Waals surface area (Å²) < 4.78 is 5.46. The van der Waals surface area contributed by atoms with Gasteiger partial charge >= 0.3 is 0 Å². The molecule has 3 rings (SSSR count). The number of nitrogens with zero attached hydrogens (tertiary/aromatic N) is 3. The Hall–Kier alpha value is -2.28. The molecule has 7 nitrogen and oxygen atoms in total. The molecule has 1 aliphatic rings. The largest absolute Gasteiger partial charge is 0.344 e. The maximum Gasteiger partial charge on any atom is 0.249 e. The van der Waals surface area contributed by atoms with Crippen molar-refractivity contribution in [2.24, 2.45) is 17.8 Å². The number of aromatic nitrogens is 3. The molecule has 27 heavy (non-hydrogen) atoms. The van der Waals surface area contributed by atoms with Crippen LogP contribution >= 0.6 is 0 Å².